The molecule has 0 saturated heterocycles. The van der Waals surface area contributed by atoms with Crippen molar-refractivity contribution in [1.82, 2.24) is 4.57 Å². The predicted octanol–water partition coefficient (Wildman–Crippen LogP) is 0.656. The molecule has 0 aliphatic carbocycles. The van der Waals surface area contributed by atoms with Gasteiger partial charge in [-0.05, 0) is 12.1 Å². The number of terminal acetylenes is 1. The van der Waals surface area contributed by atoms with Crippen LogP contribution in [0.15, 0.2) is 18.3 Å². The largest absolute Gasteiger partial charge is 0.396 e. The molecular formula is C9H11NO. The maximum absolute atomic E-state index is 8.67. The van der Waals surface area contributed by atoms with Gasteiger partial charge in [0.05, 0.1) is 6.54 Å². The van der Waals surface area contributed by atoms with Crippen LogP contribution < -0.4 is 0 Å². The molecule has 58 valence electrons. The van der Waals surface area contributed by atoms with E-state index in [2.05, 4.69) is 5.92 Å². The van der Waals surface area contributed by atoms with Crippen LogP contribution in [-0.4, -0.2) is 16.3 Å². The first kappa shape index (κ1) is 7.90. The number of aliphatic hydroxyl groups is 1. The molecule has 0 radical (unpaired) electrons. The van der Waals surface area contributed by atoms with Gasteiger partial charge in [-0.1, -0.05) is 5.92 Å². The fraction of sp³-hybridized carbons (Fsp3) is 0.333. The minimum absolute atomic E-state index is 0.175. The zero-order valence-corrected chi connectivity index (χ0v) is 6.33. The van der Waals surface area contributed by atoms with Gasteiger partial charge in [0.1, 0.15) is 0 Å². The van der Waals surface area contributed by atoms with Crippen LogP contribution in [0.1, 0.15) is 5.69 Å². The van der Waals surface area contributed by atoms with Crippen molar-refractivity contribution in [1.29, 1.82) is 0 Å². The Kier molecular flexibility index (Phi) is 2.76. The van der Waals surface area contributed by atoms with Crippen LogP contribution in [0.3, 0.4) is 0 Å². The van der Waals surface area contributed by atoms with E-state index >= 15 is 0 Å². The number of hydrogen-bond donors (Lipinski definition) is 1. The van der Waals surface area contributed by atoms with Gasteiger partial charge in [-0.3, -0.25) is 0 Å². The van der Waals surface area contributed by atoms with Gasteiger partial charge in [-0.15, -0.1) is 6.42 Å². The molecule has 0 amide bonds. The Morgan fingerprint density at radius 3 is 3.09 bits per heavy atom. The smallest absolute Gasteiger partial charge is 0.0831 e. The highest BCUT2D eigenvalue weighted by atomic mass is 16.3. The molecule has 0 fully saturated rings. The Hall–Kier alpha value is -1.20. The molecule has 1 aromatic heterocycles. The Balaban J connectivity index is 2.71. The van der Waals surface area contributed by atoms with Crippen LogP contribution >= 0.6 is 0 Å². The molecule has 0 saturated carbocycles. The normalized spacial score (nSPS) is 9.45. The summed E-state index contributed by atoms with van der Waals surface area (Å²) in [5.41, 5.74) is 1.09. The van der Waals surface area contributed by atoms with Crippen molar-refractivity contribution < 1.29 is 5.11 Å². The predicted molar refractivity (Wildman–Crippen MR) is 44.1 cm³/mol. The van der Waals surface area contributed by atoms with E-state index < -0.39 is 0 Å². The van der Waals surface area contributed by atoms with Crippen molar-refractivity contribution in [2.24, 2.45) is 0 Å². The number of aliphatic hydroxyl groups excluding tert-OH is 1. The lowest BCUT2D eigenvalue weighted by molar-refractivity contribution is 0.296. The van der Waals surface area contributed by atoms with E-state index in [1.165, 1.54) is 0 Å². The second-order valence-electron chi connectivity index (χ2n) is 2.31. The number of aromatic nitrogens is 1. The summed E-state index contributed by atoms with van der Waals surface area (Å²) in [6, 6.07) is 3.90. The molecular weight excluding hydrogens is 138 g/mol. The Labute approximate surface area is 66.5 Å². The molecule has 1 rings (SSSR count). The highest BCUT2D eigenvalue weighted by molar-refractivity contribution is 5.09. The van der Waals surface area contributed by atoms with Crippen molar-refractivity contribution in [2.75, 3.05) is 6.61 Å². The third kappa shape index (κ3) is 1.86. The van der Waals surface area contributed by atoms with E-state index in [-0.39, 0.29) is 6.61 Å². The highest BCUT2D eigenvalue weighted by Crippen LogP contribution is 2.01. The van der Waals surface area contributed by atoms with Crippen LogP contribution in [0.4, 0.5) is 0 Å². The molecule has 11 heavy (non-hydrogen) atoms. The molecule has 0 aliphatic heterocycles. The lowest BCUT2D eigenvalue weighted by Gasteiger charge is -2.02. The summed E-state index contributed by atoms with van der Waals surface area (Å²) in [7, 11) is 0. The van der Waals surface area contributed by atoms with Crippen LogP contribution in [0.2, 0.25) is 0 Å². The number of nitrogens with zero attached hydrogens (tertiary/aromatic N) is 1. The molecule has 0 atom stereocenters. The summed E-state index contributed by atoms with van der Waals surface area (Å²) in [6.45, 7) is 0.761. The molecule has 1 aromatic rings. The van der Waals surface area contributed by atoms with Gasteiger partial charge in [0.2, 0.25) is 0 Å². The molecule has 1 heterocycles. The van der Waals surface area contributed by atoms with E-state index in [1.807, 2.05) is 22.9 Å². The van der Waals surface area contributed by atoms with Crippen LogP contribution in [-0.2, 0) is 13.0 Å². The van der Waals surface area contributed by atoms with Gasteiger partial charge in [0.25, 0.3) is 0 Å². The summed E-state index contributed by atoms with van der Waals surface area (Å²) >= 11 is 0. The van der Waals surface area contributed by atoms with Gasteiger partial charge in [0.15, 0.2) is 0 Å². The quantitative estimate of drug-likeness (QED) is 0.627. The Morgan fingerprint density at radius 1 is 1.64 bits per heavy atom. The van der Waals surface area contributed by atoms with Gasteiger partial charge in [-0.25, -0.2) is 0 Å². The molecule has 0 aromatic carbocycles. The van der Waals surface area contributed by atoms with Crippen molar-refractivity contribution in [3.05, 3.63) is 24.0 Å². The summed E-state index contributed by atoms with van der Waals surface area (Å²) in [6.07, 6.45) is 7.75. The number of rotatable bonds is 3. The van der Waals surface area contributed by atoms with Gasteiger partial charge < -0.3 is 9.67 Å². The summed E-state index contributed by atoms with van der Waals surface area (Å²) < 4.78 is 1.95. The fourth-order valence-corrected chi connectivity index (χ4v) is 1.04. The molecule has 1 N–H and O–H groups in total. The van der Waals surface area contributed by atoms with Gasteiger partial charge in [-0.2, -0.15) is 0 Å². The zero-order chi connectivity index (χ0) is 8.10. The average Bonchev–Trinajstić information content (AvgIpc) is 2.39. The average molecular weight is 149 g/mol. The van der Waals surface area contributed by atoms with Crippen LogP contribution in [0, 0.1) is 12.3 Å². The molecule has 0 unspecified atom stereocenters. The summed E-state index contributed by atoms with van der Waals surface area (Å²) in [5, 5.41) is 8.67. The second kappa shape index (κ2) is 3.85. The standard InChI is InChI=1S/C9H11NO/c1-2-6-10-7-3-4-9(10)5-8-11/h1,3-4,7,11H,5-6,8H2. The Bertz CT molecular complexity index is 257. The monoisotopic (exact) mass is 149 g/mol. The van der Waals surface area contributed by atoms with Crippen LogP contribution in [0.5, 0.6) is 0 Å². The first-order valence-corrected chi connectivity index (χ1v) is 3.57. The van der Waals surface area contributed by atoms with Crippen molar-refractivity contribution in [3.63, 3.8) is 0 Å². The molecule has 2 nitrogen and oxygen atoms in total. The zero-order valence-electron chi connectivity index (χ0n) is 6.33. The van der Waals surface area contributed by atoms with Gasteiger partial charge >= 0.3 is 0 Å². The molecule has 0 aliphatic rings. The lowest BCUT2D eigenvalue weighted by Crippen LogP contribution is -2.01. The third-order valence-electron chi connectivity index (χ3n) is 1.55. The van der Waals surface area contributed by atoms with Crippen molar-refractivity contribution in [3.8, 4) is 12.3 Å². The minimum Gasteiger partial charge on any atom is -0.396 e. The summed E-state index contributed by atoms with van der Waals surface area (Å²) in [5.74, 6) is 2.55. The first-order valence-electron chi connectivity index (χ1n) is 3.57. The Morgan fingerprint density at radius 2 is 2.45 bits per heavy atom. The second-order valence-corrected chi connectivity index (χ2v) is 2.31. The van der Waals surface area contributed by atoms with Crippen LogP contribution in [0.25, 0.3) is 0 Å². The first-order chi connectivity index (χ1) is 5.38. The fourth-order valence-electron chi connectivity index (χ4n) is 1.04. The summed E-state index contributed by atoms with van der Waals surface area (Å²) in [4.78, 5) is 0. The van der Waals surface area contributed by atoms with E-state index in [9.17, 15) is 0 Å². The van der Waals surface area contributed by atoms with E-state index in [0.717, 1.165) is 5.69 Å². The molecule has 0 spiro atoms. The van der Waals surface area contributed by atoms with Crippen molar-refractivity contribution >= 4 is 0 Å². The maximum Gasteiger partial charge on any atom is 0.0831 e. The molecule has 2 heteroatoms. The molecule has 0 bridgehead atoms. The number of hydrogen-bond acceptors (Lipinski definition) is 1. The van der Waals surface area contributed by atoms with E-state index in [0.29, 0.717) is 13.0 Å². The maximum atomic E-state index is 8.67. The highest BCUT2D eigenvalue weighted by Gasteiger charge is 1.96. The van der Waals surface area contributed by atoms with E-state index in [1.54, 1.807) is 0 Å². The SMILES string of the molecule is C#CCn1cccc1CCO. The third-order valence-corrected chi connectivity index (χ3v) is 1.55. The van der Waals surface area contributed by atoms with Crippen molar-refractivity contribution in [2.45, 2.75) is 13.0 Å². The van der Waals surface area contributed by atoms with E-state index in [4.69, 9.17) is 11.5 Å². The topological polar surface area (TPSA) is 25.2 Å². The minimum atomic E-state index is 0.175. The lowest BCUT2D eigenvalue weighted by atomic mass is 10.3. The van der Waals surface area contributed by atoms with Gasteiger partial charge in [0, 0.05) is 24.9 Å².